The van der Waals surface area contributed by atoms with Gasteiger partial charge in [-0.15, -0.1) is 12.4 Å². The van der Waals surface area contributed by atoms with Gasteiger partial charge in [0.1, 0.15) is 0 Å². The van der Waals surface area contributed by atoms with Crippen molar-refractivity contribution in [2.75, 3.05) is 6.54 Å². The van der Waals surface area contributed by atoms with Crippen molar-refractivity contribution < 1.29 is 14.8 Å². The quantitative estimate of drug-likeness (QED) is 0.161. The summed E-state index contributed by atoms with van der Waals surface area (Å²) in [7, 11) is -1.58. The molecule has 1 atom stereocenters. The molecule has 0 rings (SSSR count). The zero-order valence-corrected chi connectivity index (χ0v) is 9.91. The summed E-state index contributed by atoms with van der Waals surface area (Å²) in [5.74, 6) is -0.998. The molecule has 0 saturated carbocycles. The first kappa shape index (κ1) is 17.4. The van der Waals surface area contributed by atoms with E-state index in [9.17, 15) is 4.79 Å². The molecule has 0 aromatic rings. The zero-order valence-electron chi connectivity index (χ0n) is 9.09. The van der Waals surface area contributed by atoms with Crippen LogP contribution >= 0.6 is 12.4 Å². The smallest absolute Gasteiger partial charge is 0.426 e. The van der Waals surface area contributed by atoms with Gasteiger partial charge in [0.05, 0.1) is 5.94 Å². The Morgan fingerprint density at radius 1 is 1.50 bits per heavy atom. The lowest BCUT2D eigenvalue weighted by Gasteiger charge is -2.15. The normalized spacial score (nSPS) is 10.9. The number of nitrogens with two attached hydrogens (primary N) is 2. The van der Waals surface area contributed by atoms with Crippen molar-refractivity contribution in [2.24, 2.45) is 16.5 Å². The van der Waals surface area contributed by atoms with E-state index < -0.39 is 13.1 Å². The number of rotatable bonds is 6. The fourth-order valence-corrected chi connectivity index (χ4v) is 1.08. The van der Waals surface area contributed by atoms with Crippen LogP contribution in [0.4, 0.5) is 0 Å². The van der Waals surface area contributed by atoms with E-state index in [2.05, 4.69) is 10.3 Å². The van der Waals surface area contributed by atoms with E-state index in [0.717, 1.165) is 0 Å². The summed E-state index contributed by atoms with van der Waals surface area (Å²) in [6.45, 7) is 1.70. The number of carbonyl (C=O) groups is 1. The Labute approximate surface area is 101 Å². The first-order chi connectivity index (χ1) is 6.93. The highest BCUT2D eigenvalue weighted by molar-refractivity contribution is 6.43. The maximum Gasteiger partial charge on any atom is 0.475 e. The van der Waals surface area contributed by atoms with Crippen LogP contribution < -0.4 is 16.8 Å². The average Bonchev–Trinajstić information content (AvgIpc) is 2.08. The predicted octanol–water partition coefficient (Wildman–Crippen LogP) is -2.02. The van der Waals surface area contributed by atoms with Crippen LogP contribution in [0.3, 0.4) is 0 Å². The molecule has 9 heteroatoms. The highest BCUT2D eigenvalue weighted by Gasteiger charge is 2.23. The molecule has 0 radical (unpaired) electrons. The largest absolute Gasteiger partial charge is 0.475 e. The van der Waals surface area contributed by atoms with Crippen LogP contribution in [0.15, 0.2) is 4.99 Å². The second-order valence-corrected chi connectivity index (χ2v) is 3.17. The van der Waals surface area contributed by atoms with Gasteiger partial charge in [0.25, 0.3) is 0 Å². The summed E-state index contributed by atoms with van der Waals surface area (Å²) in [5.41, 5.74) is 10.2. The summed E-state index contributed by atoms with van der Waals surface area (Å²) < 4.78 is 0. The van der Waals surface area contributed by atoms with Crippen LogP contribution in [0.2, 0.25) is 0 Å². The number of carbonyl (C=O) groups excluding carboxylic acids is 1. The van der Waals surface area contributed by atoms with E-state index in [0.29, 0.717) is 19.4 Å². The van der Waals surface area contributed by atoms with Gasteiger partial charge in [-0.05, 0) is 12.8 Å². The van der Waals surface area contributed by atoms with Crippen molar-refractivity contribution in [3.8, 4) is 0 Å². The maximum atomic E-state index is 10.7. The molecule has 0 saturated heterocycles. The summed E-state index contributed by atoms with van der Waals surface area (Å²) in [6.07, 6.45) is 0.953. The van der Waals surface area contributed by atoms with Gasteiger partial charge in [-0.25, -0.2) is 0 Å². The minimum absolute atomic E-state index is 0. The molecule has 0 aliphatic heterocycles. The third-order valence-electron chi connectivity index (χ3n) is 1.72. The topological polar surface area (TPSA) is 134 Å². The minimum atomic E-state index is -1.58. The number of halogens is 1. The fraction of sp³-hybridized carbons (Fsp3) is 0.714. The number of hydrogen-bond donors (Lipinski definition) is 5. The number of guanidine groups is 1. The van der Waals surface area contributed by atoms with E-state index >= 15 is 0 Å². The number of aliphatic imine (C=N–C) groups is 1. The molecule has 7 N–H and O–H groups in total. The van der Waals surface area contributed by atoms with Gasteiger partial charge in [0.2, 0.25) is 5.91 Å². The average molecular weight is 253 g/mol. The Morgan fingerprint density at radius 3 is 2.44 bits per heavy atom. The second kappa shape index (κ2) is 9.26. The van der Waals surface area contributed by atoms with Crippen molar-refractivity contribution >= 4 is 31.4 Å². The van der Waals surface area contributed by atoms with Gasteiger partial charge >= 0.3 is 7.12 Å². The molecule has 0 heterocycles. The fourth-order valence-electron chi connectivity index (χ4n) is 1.08. The molecule has 7 nitrogen and oxygen atoms in total. The Morgan fingerprint density at radius 2 is 2.06 bits per heavy atom. The molecule has 0 aromatic heterocycles. The monoisotopic (exact) mass is 252 g/mol. The van der Waals surface area contributed by atoms with Crippen LogP contribution in [0.5, 0.6) is 0 Å². The van der Waals surface area contributed by atoms with Crippen molar-refractivity contribution in [3.63, 3.8) is 0 Å². The third-order valence-corrected chi connectivity index (χ3v) is 1.72. The van der Waals surface area contributed by atoms with Crippen molar-refractivity contribution in [1.82, 2.24) is 5.32 Å². The lowest BCUT2D eigenvalue weighted by Crippen LogP contribution is -2.45. The van der Waals surface area contributed by atoms with E-state index in [1.807, 2.05) is 0 Å². The first-order valence-corrected chi connectivity index (χ1v) is 4.62. The second-order valence-electron chi connectivity index (χ2n) is 3.17. The Kier molecular flexibility index (Phi) is 10.1. The molecule has 0 aliphatic rings. The van der Waals surface area contributed by atoms with Crippen LogP contribution in [-0.4, -0.2) is 41.5 Å². The van der Waals surface area contributed by atoms with Gasteiger partial charge in [-0.2, -0.15) is 0 Å². The molecule has 1 amide bonds. The van der Waals surface area contributed by atoms with E-state index in [-0.39, 0.29) is 24.3 Å². The summed E-state index contributed by atoms with van der Waals surface area (Å²) in [6, 6.07) is 0. The van der Waals surface area contributed by atoms with Gasteiger partial charge in [0.15, 0.2) is 5.96 Å². The summed E-state index contributed by atoms with van der Waals surface area (Å²) in [4.78, 5) is 14.4. The lowest BCUT2D eigenvalue weighted by atomic mass is 9.77. The van der Waals surface area contributed by atoms with Gasteiger partial charge in [-0.3, -0.25) is 9.79 Å². The number of amides is 1. The van der Waals surface area contributed by atoms with Crippen LogP contribution in [0.25, 0.3) is 0 Å². The van der Waals surface area contributed by atoms with Crippen molar-refractivity contribution in [1.29, 1.82) is 0 Å². The Bertz CT molecular complexity index is 236. The van der Waals surface area contributed by atoms with E-state index in [1.54, 1.807) is 0 Å². The molecule has 16 heavy (non-hydrogen) atoms. The molecular weight excluding hydrogens is 234 g/mol. The number of nitrogens with one attached hydrogen (secondary N) is 1. The molecule has 0 fully saturated rings. The SMILES string of the molecule is CC(=O)N[C@@H](CCCN=C(N)N)B(O)O.Cl. The van der Waals surface area contributed by atoms with Crippen molar-refractivity contribution in [2.45, 2.75) is 25.7 Å². The van der Waals surface area contributed by atoms with Gasteiger partial charge in [0, 0.05) is 13.5 Å². The van der Waals surface area contributed by atoms with Crippen molar-refractivity contribution in [3.05, 3.63) is 0 Å². The summed E-state index contributed by atoms with van der Waals surface area (Å²) >= 11 is 0. The van der Waals surface area contributed by atoms with Gasteiger partial charge in [-0.1, -0.05) is 0 Å². The molecule has 0 aromatic carbocycles. The van der Waals surface area contributed by atoms with Crippen LogP contribution in [0.1, 0.15) is 19.8 Å². The summed E-state index contributed by atoms with van der Waals surface area (Å²) in [5, 5.41) is 20.3. The molecule has 0 unspecified atom stereocenters. The molecular formula is C7H18BClN4O3. The lowest BCUT2D eigenvalue weighted by molar-refractivity contribution is -0.119. The molecule has 94 valence electrons. The number of nitrogens with zero attached hydrogens (tertiary/aromatic N) is 1. The highest BCUT2D eigenvalue weighted by Crippen LogP contribution is 1.99. The molecule has 0 spiro atoms. The standard InChI is InChI=1S/C7H17BN4O3.ClH/c1-5(13)12-6(8(14)15)3-2-4-11-7(9)10;/h6,14-15H,2-4H2,1H3,(H,12,13)(H4,9,10,11);1H/t6-;/m0./s1. The first-order valence-electron chi connectivity index (χ1n) is 4.62. The predicted molar refractivity (Wildman–Crippen MR) is 65.0 cm³/mol. The van der Waals surface area contributed by atoms with E-state index in [4.69, 9.17) is 21.5 Å². The van der Waals surface area contributed by atoms with E-state index in [1.165, 1.54) is 6.92 Å². The zero-order chi connectivity index (χ0) is 11.8. The maximum absolute atomic E-state index is 10.7. The van der Waals surface area contributed by atoms with Crippen LogP contribution in [-0.2, 0) is 4.79 Å². The Hall–Kier alpha value is -0.985. The molecule has 0 bridgehead atoms. The minimum Gasteiger partial charge on any atom is -0.426 e. The number of hydrogen-bond acceptors (Lipinski definition) is 4. The Balaban J connectivity index is 0. The molecule has 0 aliphatic carbocycles. The third kappa shape index (κ3) is 9.57. The van der Waals surface area contributed by atoms with Crippen LogP contribution in [0, 0.1) is 0 Å². The highest BCUT2D eigenvalue weighted by atomic mass is 35.5. The van der Waals surface area contributed by atoms with Gasteiger partial charge < -0.3 is 26.8 Å².